The SMILES string of the molecule is C[C@@H](O)[C@H](N)C(=O)N[C@@H](CCC(=O)O)C(=O)NCC(=O)N[C@H](C(=O)NCC(=O)NCC(=O)NCC(=O)N[C@@H](CCCCN)C(=O)O)[C@@H](C)O. The fourth-order valence-electron chi connectivity index (χ4n) is 3.70. The molecule has 15 N–H and O–H groups in total. The molecule has 0 radical (unpaired) electrons. The van der Waals surface area contributed by atoms with E-state index in [2.05, 4.69) is 37.2 Å². The molecule has 0 saturated carbocycles. The van der Waals surface area contributed by atoms with Gasteiger partial charge in [-0.05, 0) is 46.1 Å². The van der Waals surface area contributed by atoms with Gasteiger partial charge in [0, 0.05) is 6.42 Å². The molecule has 278 valence electrons. The molecule has 0 spiro atoms. The van der Waals surface area contributed by atoms with Gasteiger partial charge in [-0.1, -0.05) is 0 Å². The number of nitrogens with one attached hydrogen (secondary N) is 7. The smallest absolute Gasteiger partial charge is 0.326 e. The Morgan fingerprint density at radius 3 is 1.61 bits per heavy atom. The average molecular weight is 706 g/mol. The maximum atomic E-state index is 12.6. The lowest BCUT2D eigenvalue weighted by molar-refractivity contribution is -0.142. The fourth-order valence-corrected chi connectivity index (χ4v) is 3.70. The van der Waals surface area contributed by atoms with Crippen molar-refractivity contribution >= 4 is 53.3 Å². The third kappa shape index (κ3) is 19.5. The van der Waals surface area contributed by atoms with Gasteiger partial charge >= 0.3 is 11.9 Å². The standard InChI is InChI=1S/C27H47N9O13/c1-13(37)22(29)25(46)35-15(6-7-21(43)44)24(45)32-12-20(42)36-23(14(2)38)26(47)33-10-18(40)30-9-17(39)31-11-19(41)34-16(27(48)49)5-3-4-8-28/h13-16,22-23,37-38H,3-12,28-29H2,1-2H3,(H,30,40)(H,31,39)(H,32,45)(H,33,47)(H,34,41)(H,35,46)(H,36,42)(H,43,44)(H,48,49)/t13-,14-,15+,16+,22+,23+/m1/s1. The van der Waals surface area contributed by atoms with Gasteiger partial charge in [-0.3, -0.25) is 38.4 Å². The minimum atomic E-state index is -1.62. The molecular weight excluding hydrogens is 658 g/mol. The summed E-state index contributed by atoms with van der Waals surface area (Å²) in [5.41, 5.74) is 10.9. The molecule has 0 aliphatic heterocycles. The molecule has 0 saturated heterocycles. The number of nitrogens with two attached hydrogens (primary N) is 2. The molecule has 0 bridgehead atoms. The van der Waals surface area contributed by atoms with E-state index in [-0.39, 0.29) is 12.8 Å². The van der Waals surface area contributed by atoms with E-state index in [9.17, 15) is 58.5 Å². The summed E-state index contributed by atoms with van der Waals surface area (Å²) >= 11 is 0. The van der Waals surface area contributed by atoms with Crippen molar-refractivity contribution in [2.75, 3.05) is 32.7 Å². The molecule has 0 fully saturated rings. The van der Waals surface area contributed by atoms with Crippen molar-refractivity contribution in [2.24, 2.45) is 11.5 Å². The third-order valence-corrected chi connectivity index (χ3v) is 6.50. The number of hydrogen-bond acceptors (Lipinski definition) is 13. The summed E-state index contributed by atoms with van der Waals surface area (Å²) in [7, 11) is 0. The van der Waals surface area contributed by atoms with Gasteiger partial charge in [-0.2, -0.15) is 0 Å². The Balaban J connectivity index is 4.82. The number of aliphatic carboxylic acids is 2. The minimum absolute atomic E-state index is 0.143. The number of carbonyl (C=O) groups excluding carboxylic acids is 7. The summed E-state index contributed by atoms with van der Waals surface area (Å²) in [5, 5.41) is 52.8. The van der Waals surface area contributed by atoms with E-state index >= 15 is 0 Å². The number of unbranched alkanes of at least 4 members (excludes halogenated alkanes) is 1. The Bertz CT molecular complexity index is 1180. The van der Waals surface area contributed by atoms with Crippen LogP contribution in [0.4, 0.5) is 0 Å². The normalized spacial score (nSPS) is 14.3. The number of amides is 7. The summed E-state index contributed by atoms with van der Waals surface area (Å²) < 4.78 is 0. The Morgan fingerprint density at radius 1 is 0.592 bits per heavy atom. The van der Waals surface area contributed by atoms with E-state index < -0.39 is 122 Å². The average Bonchev–Trinajstić information content (AvgIpc) is 3.03. The summed E-state index contributed by atoms with van der Waals surface area (Å²) in [5.74, 6) is -8.94. The Morgan fingerprint density at radius 2 is 1.10 bits per heavy atom. The predicted octanol–water partition coefficient (Wildman–Crippen LogP) is -6.93. The molecule has 6 atom stereocenters. The molecule has 0 aromatic heterocycles. The van der Waals surface area contributed by atoms with Crippen molar-refractivity contribution < 1.29 is 63.6 Å². The first-order valence-corrected chi connectivity index (χ1v) is 15.1. The largest absolute Gasteiger partial charge is 0.481 e. The second-order valence-corrected chi connectivity index (χ2v) is 10.8. The summed E-state index contributed by atoms with van der Waals surface area (Å²) in [6.45, 7) is 0.0552. The van der Waals surface area contributed by atoms with E-state index in [0.717, 1.165) is 6.92 Å². The highest BCUT2D eigenvalue weighted by Crippen LogP contribution is 2.02. The van der Waals surface area contributed by atoms with Crippen LogP contribution >= 0.6 is 0 Å². The highest BCUT2D eigenvalue weighted by Gasteiger charge is 2.29. The van der Waals surface area contributed by atoms with Crippen LogP contribution in [0.2, 0.25) is 0 Å². The lowest BCUT2D eigenvalue weighted by atomic mass is 10.1. The monoisotopic (exact) mass is 705 g/mol. The molecule has 0 aliphatic carbocycles. The van der Waals surface area contributed by atoms with Crippen LogP contribution < -0.4 is 48.7 Å². The van der Waals surface area contributed by atoms with Crippen LogP contribution in [-0.4, -0.2) is 143 Å². The number of rotatable bonds is 24. The first kappa shape index (κ1) is 44.1. The lowest BCUT2D eigenvalue weighted by Gasteiger charge is -2.22. The summed E-state index contributed by atoms with van der Waals surface area (Å²) in [6, 6.07) is -5.66. The molecule has 7 amide bonds. The van der Waals surface area contributed by atoms with Gasteiger partial charge in [0.1, 0.15) is 24.2 Å². The Hall–Kier alpha value is -4.93. The zero-order valence-electron chi connectivity index (χ0n) is 27.2. The molecule has 0 heterocycles. The topological polar surface area (TPSA) is 371 Å². The molecule has 0 unspecified atom stereocenters. The number of carboxylic acid groups (broad SMARTS) is 2. The van der Waals surface area contributed by atoms with Crippen molar-refractivity contribution in [3.63, 3.8) is 0 Å². The van der Waals surface area contributed by atoms with Crippen LogP contribution in [0.15, 0.2) is 0 Å². The maximum absolute atomic E-state index is 12.6. The number of carboxylic acids is 2. The first-order chi connectivity index (χ1) is 22.9. The molecule has 22 heteroatoms. The van der Waals surface area contributed by atoms with Crippen molar-refractivity contribution in [2.45, 2.75) is 82.3 Å². The van der Waals surface area contributed by atoms with Crippen LogP contribution in [0, 0.1) is 0 Å². The molecule has 22 nitrogen and oxygen atoms in total. The fraction of sp³-hybridized carbons (Fsp3) is 0.667. The number of aliphatic hydroxyl groups excluding tert-OH is 2. The molecule has 0 rings (SSSR count). The lowest BCUT2D eigenvalue weighted by Crippen LogP contribution is -2.57. The number of hydrogen-bond donors (Lipinski definition) is 13. The molecule has 0 aromatic carbocycles. The van der Waals surface area contributed by atoms with Crippen molar-refractivity contribution in [3.8, 4) is 0 Å². The van der Waals surface area contributed by atoms with Gasteiger partial charge in [0.2, 0.25) is 41.4 Å². The van der Waals surface area contributed by atoms with Gasteiger partial charge in [0.15, 0.2) is 0 Å². The zero-order valence-corrected chi connectivity index (χ0v) is 27.2. The highest BCUT2D eigenvalue weighted by atomic mass is 16.4. The van der Waals surface area contributed by atoms with Gasteiger partial charge in [0.05, 0.1) is 38.4 Å². The van der Waals surface area contributed by atoms with Gasteiger partial charge in [-0.25, -0.2) is 4.79 Å². The van der Waals surface area contributed by atoms with Gasteiger partial charge in [0.25, 0.3) is 0 Å². The number of aliphatic hydroxyl groups is 2. The number of carbonyl (C=O) groups is 9. The van der Waals surface area contributed by atoms with E-state index in [1.54, 1.807) is 0 Å². The minimum Gasteiger partial charge on any atom is -0.481 e. The maximum Gasteiger partial charge on any atom is 0.326 e. The van der Waals surface area contributed by atoms with Crippen molar-refractivity contribution in [3.05, 3.63) is 0 Å². The van der Waals surface area contributed by atoms with Crippen molar-refractivity contribution in [1.82, 2.24) is 37.2 Å². The van der Waals surface area contributed by atoms with Crippen molar-refractivity contribution in [1.29, 1.82) is 0 Å². The third-order valence-electron chi connectivity index (χ3n) is 6.50. The second kappa shape index (κ2) is 23.4. The van der Waals surface area contributed by atoms with E-state index in [0.29, 0.717) is 19.4 Å². The van der Waals surface area contributed by atoms with Crippen LogP contribution in [0.25, 0.3) is 0 Å². The van der Waals surface area contributed by atoms with E-state index in [1.165, 1.54) is 6.92 Å². The molecule has 0 aliphatic rings. The first-order valence-electron chi connectivity index (χ1n) is 15.1. The molecular formula is C27H47N9O13. The summed E-state index contributed by atoms with van der Waals surface area (Å²) in [4.78, 5) is 108. The van der Waals surface area contributed by atoms with Crippen LogP contribution in [-0.2, 0) is 43.2 Å². The van der Waals surface area contributed by atoms with Crippen LogP contribution in [0.5, 0.6) is 0 Å². The van der Waals surface area contributed by atoms with Crippen LogP contribution in [0.3, 0.4) is 0 Å². The van der Waals surface area contributed by atoms with E-state index in [4.69, 9.17) is 16.6 Å². The molecule has 49 heavy (non-hydrogen) atoms. The highest BCUT2D eigenvalue weighted by molar-refractivity contribution is 5.95. The Labute approximate surface area is 280 Å². The quantitative estimate of drug-likeness (QED) is 0.0415. The van der Waals surface area contributed by atoms with Gasteiger partial charge in [-0.15, -0.1) is 0 Å². The van der Waals surface area contributed by atoms with Crippen LogP contribution in [0.1, 0.15) is 46.0 Å². The predicted molar refractivity (Wildman–Crippen MR) is 167 cm³/mol. The molecule has 0 aromatic rings. The van der Waals surface area contributed by atoms with E-state index in [1.807, 2.05) is 0 Å². The summed E-state index contributed by atoms with van der Waals surface area (Å²) in [6.07, 6.45) is -2.53. The zero-order chi connectivity index (χ0) is 37.7. The Kier molecular flexibility index (Phi) is 21.0. The van der Waals surface area contributed by atoms with Gasteiger partial charge < -0.3 is 69.1 Å². The second-order valence-electron chi connectivity index (χ2n) is 10.8.